The van der Waals surface area contributed by atoms with Gasteiger partial charge in [-0.05, 0) is 11.8 Å². The van der Waals surface area contributed by atoms with Crippen molar-refractivity contribution in [2.45, 2.75) is 59.4 Å². The van der Waals surface area contributed by atoms with E-state index in [0.717, 1.165) is 25.7 Å². The second-order valence-electron chi connectivity index (χ2n) is 5.84. The van der Waals surface area contributed by atoms with Crippen LogP contribution in [0.15, 0.2) is 0 Å². The summed E-state index contributed by atoms with van der Waals surface area (Å²) in [6, 6.07) is -0.634. The molecule has 0 fully saturated rings. The molecule has 0 saturated carbocycles. The molecular weight excluding hydrogens is 244 g/mol. The van der Waals surface area contributed by atoms with Crippen LogP contribution in [0.2, 0.25) is 0 Å². The highest BCUT2D eigenvalue weighted by Gasteiger charge is 2.27. The van der Waals surface area contributed by atoms with E-state index >= 15 is 0 Å². The second kappa shape index (κ2) is 8.91. The molecular formula is C14H28N2O3. The smallest absolute Gasteiger partial charge is 0.325 e. The molecule has 0 aliphatic heterocycles. The molecule has 1 amide bonds. The third-order valence-electron chi connectivity index (χ3n) is 2.88. The fourth-order valence-corrected chi connectivity index (χ4v) is 1.43. The Labute approximate surface area is 116 Å². The minimum atomic E-state index is -0.634. The largest absolute Gasteiger partial charge is 0.464 e. The lowest BCUT2D eigenvalue weighted by Gasteiger charge is -2.25. The van der Waals surface area contributed by atoms with E-state index in [0.29, 0.717) is 6.61 Å². The zero-order chi connectivity index (χ0) is 14.9. The predicted octanol–water partition coefficient (Wildman–Crippen LogP) is 1.60. The van der Waals surface area contributed by atoms with Crippen LogP contribution in [-0.2, 0) is 14.3 Å². The van der Waals surface area contributed by atoms with Crippen molar-refractivity contribution in [3.8, 4) is 0 Å². The van der Waals surface area contributed by atoms with Gasteiger partial charge in [-0.1, -0.05) is 47.0 Å². The van der Waals surface area contributed by atoms with E-state index < -0.39 is 12.0 Å². The molecule has 0 radical (unpaired) electrons. The molecule has 0 aliphatic rings. The van der Waals surface area contributed by atoms with Crippen molar-refractivity contribution in [2.24, 2.45) is 11.1 Å². The minimum absolute atomic E-state index is 0.115. The lowest BCUT2D eigenvalue weighted by molar-refractivity contribution is -0.144. The summed E-state index contributed by atoms with van der Waals surface area (Å²) in [4.78, 5) is 23.0. The molecule has 112 valence electrons. The van der Waals surface area contributed by atoms with Gasteiger partial charge in [0.2, 0.25) is 5.91 Å². The Morgan fingerprint density at radius 2 is 1.84 bits per heavy atom. The number of nitrogens with two attached hydrogens (primary N) is 1. The molecule has 0 aliphatic carbocycles. The van der Waals surface area contributed by atoms with Crippen LogP contribution in [0.1, 0.15) is 53.4 Å². The highest BCUT2D eigenvalue weighted by Crippen LogP contribution is 2.16. The standard InChI is InChI=1S/C14H28N2O3/c1-5-6-7-8-9-19-11(17)10-16-13(18)12(15)14(2,3)4/h12H,5-10,15H2,1-4H3,(H,16,18). The molecule has 0 spiro atoms. The first-order chi connectivity index (χ1) is 8.79. The van der Waals surface area contributed by atoms with E-state index in [1.54, 1.807) is 0 Å². The van der Waals surface area contributed by atoms with Gasteiger partial charge < -0.3 is 15.8 Å². The van der Waals surface area contributed by atoms with Crippen LogP contribution in [0.25, 0.3) is 0 Å². The number of carbonyl (C=O) groups excluding carboxylic acids is 2. The highest BCUT2D eigenvalue weighted by atomic mass is 16.5. The summed E-state index contributed by atoms with van der Waals surface area (Å²) in [5.74, 6) is -0.735. The van der Waals surface area contributed by atoms with Crippen LogP contribution in [-0.4, -0.2) is 31.1 Å². The van der Waals surface area contributed by atoms with Gasteiger partial charge in [0.15, 0.2) is 0 Å². The van der Waals surface area contributed by atoms with Crippen LogP contribution in [0.5, 0.6) is 0 Å². The Hall–Kier alpha value is -1.10. The molecule has 5 nitrogen and oxygen atoms in total. The molecule has 0 bridgehead atoms. The quantitative estimate of drug-likeness (QED) is 0.519. The van der Waals surface area contributed by atoms with Gasteiger partial charge in [0.25, 0.3) is 0 Å². The summed E-state index contributed by atoms with van der Waals surface area (Å²) >= 11 is 0. The van der Waals surface area contributed by atoms with Crippen LogP contribution in [0.3, 0.4) is 0 Å². The summed E-state index contributed by atoms with van der Waals surface area (Å²) in [5.41, 5.74) is 5.45. The van der Waals surface area contributed by atoms with E-state index in [4.69, 9.17) is 10.5 Å². The molecule has 1 atom stereocenters. The number of carbonyl (C=O) groups is 2. The van der Waals surface area contributed by atoms with Crippen molar-refractivity contribution in [1.82, 2.24) is 5.32 Å². The number of rotatable bonds is 8. The molecule has 0 aromatic carbocycles. The summed E-state index contributed by atoms with van der Waals surface area (Å²) < 4.78 is 5.01. The van der Waals surface area contributed by atoms with Crippen LogP contribution < -0.4 is 11.1 Å². The Morgan fingerprint density at radius 1 is 1.21 bits per heavy atom. The van der Waals surface area contributed by atoms with Crippen LogP contribution >= 0.6 is 0 Å². The number of hydrogen-bond acceptors (Lipinski definition) is 4. The maximum absolute atomic E-state index is 11.7. The number of hydrogen-bond donors (Lipinski definition) is 2. The minimum Gasteiger partial charge on any atom is -0.464 e. The number of unbranched alkanes of at least 4 members (excludes halogenated alkanes) is 3. The Bertz CT molecular complexity index is 285. The van der Waals surface area contributed by atoms with E-state index in [1.165, 1.54) is 0 Å². The molecule has 1 unspecified atom stereocenters. The first-order valence-electron chi connectivity index (χ1n) is 6.98. The van der Waals surface area contributed by atoms with E-state index in [1.807, 2.05) is 20.8 Å². The van der Waals surface area contributed by atoms with E-state index in [9.17, 15) is 9.59 Å². The molecule has 0 heterocycles. The Balaban J connectivity index is 3.76. The van der Waals surface area contributed by atoms with Crippen molar-refractivity contribution in [2.75, 3.05) is 13.2 Å². The van der Waals surface area contributed by atoms with Gasteiger partial charge in [0.05, 0.1) is 12.6 Å². The first-order valence-corrected chi connectivity index (χ1v) is 6.98. The lowest BCUT2D eigenvalue weighted by atomic mass is 9.87. The Morgan fingerprint density at radius 3 is 2.37 bits per heavy atom. The molecule has 19 heavy (non-hydrogen) atoms. The number of amides is 1. The fourth-order valence-electron chi connectivity index (χ4n) is 1.43. The van der Waals surface area contributed by atoms with Crippen LogP contribution in [0, 0.1) is 5.41 Å². The SMILES string of the molecule is CCCCCCOC(=O)CNC(=O)C(N)C(C)(C)C. The van der Waals surface area contributed by atoms with E-state index in [2.05, 4.69) is 12.2 Å². The van der Waals surface area contributed by atoms with Crippen molar-refractivity contribution < 1.29 is 14.3 Å². The fraction of sp³-hybridized carbons (Fsp3) is 0.857. The average molecular weight is 272 g/mol. The van der Waals surface area contributed by atoms with Gasteiger partial charge in [0, 0.05) is 0 Å². The number of esters is 1. The number of ether oxygens (including phenoxy) is 1. The lowest BCUT2D eigenvalue weighted by Crippen LogP contribution is -2.49. The van der Waals surface area contributed by atoms with Crippen molar-refractivity contribution in [3.05, 3.63) is 0 Å². The van der Waals surface area contributed by atoms with Gasteiger partial charge in [0.1, 0.15) is 6.54 Å². The predicted molar refractivity (Wildman–Crippen MR) is 75.5 cm³/mol. The zero-order valence-corrected chi connectivity index (χ0v) is 12.6. The molecule has 5 heteroatoms. The van der Waals surface area contributed by atoms with Crippen molar-refractivity contribution >= 4 is 11.9 Å². The van der Waals surface area contributed by atoms with Crippen molar-refractivity contribution in [3.63, 3.8) is 0 Å². The van der Waals surface area contributed by atoms with Gasteiger partial charge in [-0.15, -0.1) is 0 Å². The molecule has 0 aromatic rings. The summed E-state index contributed by atoms with van der Waals surface area (Å²) in [6.45, 7) is 8.06. The van der Waals surface area contributed by atoms with Gasteiger partial charge in [-0.25, -0.2) is 0 Å². The number of nitrogens with one attached hydrogen (secondary N) is 1. The summed E-state index contributed by atoms with van der Waals surface area (Å²) in [5, 5.41) is 2.50. The Kier molecular flexibility index (Phi) is 8.39. The summed E-state index contributed by atoms with van der Waals surface area (Å²) in [6.07, 6.45) is 4.23. The average Bonchev–Trinajstić information content (AvgIpc) is 2.33. The summed E-state index contributed by atoms with van der Waals surface area (Å²) in [7, 11) is 0. The van der Waals surface area contributed by atoms with Crippen LogP contribution in [0.4, 0.5) is 0 Å². The molecule has 0 saturated heterocycles. The third-order valence-corrected chi connectivity index (χ3v) is 2.88. The first kappa shape index (κ1) is 17.9. The normalized spacial score (nSPS) is 12.9. The second-order valence-corrected chi connectivity index (χ2v) is 5.84. The maximum atomic E-state index is 11.7. The van der Waals surface area contributed by atoms with Gasteiger partial charge in [-0.2, -0.15) is 0 Å². The topological polar surface area (TPSA) is 81.4 Å². The zero-order valence-electron chi connectivity index (χ0n) is 12.6. The van der Waals surface area contributed by atoms with E-state index in [-0.39, 0.29) is 17.9 Å². The van der Waals surface area contributed by atoms with Gasteiger partial charge in [-0.3, -0.25) is 9.59 Å². The van der Waals surface area contributed by atoms with Gasteiger partial charge >= 0.3 is 5.97 Å². The highest BCUT2D eigenvalue weighted by molar-refractivity contribution is 5.86. The molecule has 3 N–H and O–H groups in total. The third kappa shape index (κ3) is 8.59. The van der Waals surface area contributed by atoms with Crippen molar-refractivity contribution in [1.29, 1.82) is 0 Å². The molecule has 0 rings (SSSR count). The monoisotopic (exact) mass is 272 g/mol. The maximum Gasteiger partial charge on any atom is 0.325 e. The molecule has 0 aromatic heterocycles.